The number of rotatable bonds is 5. The third-order valence-corrected chi connectivity index (χ3v) is 4.76. The molecule has 19 heavy (non-hydrogen) atoms. The molecule has 0 saturated heterocycles. The summed E-state index contributed by atoms with van der Waals surface area (Å²) in [7, 11) is 6.29. The van der Waals surface area contributed by atoms with E-state index < -0.39 is 0 Å². The lowest BCUT2D eigenvalue weighted by molar-refractivity contribution is 0.0598. The molecule has 0 unspecified atom stereocenters. The van der Waals surface area contributed by atoms with Crippen LogP contribution in [0.15, 0.2) is 6.07 Å². The fourth-order valence-electron chi connectivity index (χ4n) is 2.85. The van der Waals surface area contributed by atoms with Crippen LogP contribution < -0.4 is 5.32 Å². The van der Waals surface area contributed by atoms with Crippen LogP contribution in [-0.2, 0) is 13.6 Å². The van der Waals surface area contributed by atoms with Gasteiger partial charge in [-0.05, 0) is 51.9 Å². The van der Waals surface area contributed by atoms with Crippen LogP contribution in [0.2, 0.25) is 0 Å². The average Bonchev–Trinajstić information content (AvgIpc) is 2.59. The van der Waals surface area contributed by atoms with Gasteiger partial charge in [-0.25, -0.2) is 0 Å². The lowest BCUT2D eigenvalue weighted by atomic mass is 9.75. The topological polar surface area (TPSA) is 44.0 Å². The molecule has 2 rings (SSSR count). The summed E-state index contributed by atoms with van der Waals surface area (Å²) in [4.78, 5) is 2.35. The first kappa shape index (κ1) is 14.1. The molecule has 0 radical (unpaired) electrons. The van der Waals surface area contributed by atoms with Gasteiger partial charge in [-0.15, -0.1) is 0 Å². The lowest BCUT2D eigenvalue weighted by Crippen LogP contribution is -2.56. The summed E-state index contributed by atoms with van der Waals surface area (Å²) in [6.45, 7) is 3.94. The van der Waals surface area contributed by atoms with E-state index in [-0.39, 0.29) is 0 Å². The second kappa shape index (κ2) is 5.36. The summed E-state index contributed by atoms with van der Waals surface area (Å²) in [6, 6.07) is 4.22. The van der Waals surface area contributed by atoms with Crippen molar-refractivity contribution in [1.29, 1.82) is 5.26 Å². The summed E-state index contributed by atoms with van der Waals surface area (Å²) in [5, 5.41) is 12.6. The maximum absolute atomic E-state index is 9.03. The molecule has 0 amide bonds. The predicted molar refractivity (Wildman–Crippen MR) is 76.8 cm³/mol. The van der Waals surface area contributed by atoms with E-state index in [1.165, 1.54) is 30.5 Å². The minimum atomic E-state index is 0.348. The summed E-state index contributed by atoms with van der Waals surface area (Å²) in [5.41, 5.74) is 3.49. The fourth-order valence-corrected chi connectivity index (χ4v) is 2.85. The molecule has 0 bridgehead atoms. The first-order valence-corrected chi connectivity index (χ1v) is 6.93. The van der Waals surface area contributed by atoms with Crippen molar-refractivity contribution in [2.75, 3.05) is 20.6 Å². The third kappa shape index (κ3) is 2.54. The average molecular weight is 260 g/mol. The Kier molecular flexibility index (Phi) is 3.98. The second-order valence-corrected chi connectivity index (χ2v) is 5.89. The molecule has 0 atom stereocenters. The predicted octanol–water partition coefficient (Wildman–Crippen LogP) is 1.78. The number of hydrogen-bond acceptors (Lipinski definition) is 3. The van der Waals surface area contributed by atoms with E-state index in [4.69, 9.17) is 5.26 Å². The van der Waals surface area contributed by atoms with E-state index >= 15 is 0 Å². The number of nitrogens with one attached hydrogen (secondary N) is 1. The van der Waals surface area contributed by atoms with Gasteiger partial charge in [-0.2, -0.15) is 5.26 Å². The highest BCUT2D eigenvalue weighted by Crippen LogP contribution is 2.35. The molecule has 1 aromatic heterocycles. The van der Waals surface area contributed by atoms with Gasteiger partial charge in [0, 0.05) is 31.4 Å². The molecule has 0 aliphatic heterocycles. The van der Waals surface area contributed by atoms with Crippen LogP contribution in [0, 0.1) is 18.3 Å². The normalized spacial score (nSPS) is 17.3. The van der Waals surface area contributed by atoms with Crippen molar-refractivity contribution < 1.29 is 0 Å². The molecule has 104 valence electrons. The number of aromatic nitrogens is 1. The van der Waals surface area contributed by atoms with E-state index in [0.29, 0.717) is 5.54 Å². The molecule has 4 heteroatoms. The molecular formula is C15H24N4. The van der Waals surface area contributed by atoms with Gasteiger partial charge >= 0.3 is 0 Å². The molecule has 0 spiro atoms. The lowest BCUT2D eigenvalue weighted by Gasteiger charge is -2.47. The molecule has 1 saturated carbocycles. The molecule has 1 N–H and O–H groups in total. The Hall–Kier alpha value is -1.31. The number of likely N-dealkylation sites (N-methyl/N-ethyl adjacent to an activating group) is 1. The van der Waals surface area contributed by atoms with Gasteiger partial charge < -0.3 is 14.8 Å². The van der Waals surface area contributed by atoms with Gasteiger partial charge in [0.2, 0.25) is 0 Å². The van der Waals surface area contributed by atoms with Crippen molar-refractivity contribution in [3.63, 3.8) is 0 Å². The van der Waals surface area contributed by atoms with Crippen LogP contribution in [0.4, 0.5) is 0 Å². The van der Waals surface area contributed by atoms with Crippen LogP contribution in [0.3, 0.4) is 0 Å². The van der Waals surface area contributed by atoms with Crippen molar-refractivity contribution in [1.82, 2.24) is 14.8 Å². The summed E-state index contributed by atoms with van der Waals surface area (Å²) in [6.07, 6.45) is 3.90. The standard InChI is InChI=1S/C15H24N4/c1-12-13(8-14(9-16)19(12)4)10-17-11-15(18(2)3)6-5-7-15/h8,17H,5-7,10-11H2,1-4H3. The van der Waals surface area contributed by atoms with Gasteiger partial charge in [0.05, 0.1) is 0 Å². The van der Waals surface area contributed by atoms with Crippen LogP contribution in [-0.4, -0.2) is 35.6 Å². The van der Waals surface area contributed by atoms with E-state index in [9.17, 15) is 0 Å². The van der Waals surface area contributed by atoms with Crippen molar-refractivity contribution in [3.8, 4) is 6.07 Å². The minimum absolute atomic E-state index is 0.348. The quantitative estimate of drug-likeness (QED) is 0.877. The Morgan fingerprint density at radius 1 is 1.47 bits per heavy atom. The summed E-state index contributed by atoms with van der Waals surface area (Å²) >= 11 is 0. The summed E-state index contributed by atoms with van der Waals surface area (Å²) in [5.74, 6) is 0. The zero-order valence-corrected chi connectivity index (χ0v) is 12.5. The maximum atomic E-state index is 9.03. The first-order chi connectivity index (χ1) is 9.00. The molecule has 1 aliphatic carbocycles. The Morgan fingerprint density at radius 3 is 2.58 bits per heavy atom. The van der Waals surface area contributed by atoms with Crippen molar-refractivity contribution in [3.05, 3.63) is 23.0 Å². The highest BCUT2D eigenvalue weighted by molar-refractivity contribution is 5.34. The molecule has 1 heterocycles. The smallest absolute Gasteiger partial charge is 0.120 e. The third-order valence-electron chi connectivity index (χ3n) is 4.76. The van der Waals surface area contributed by atoms with Crippen molar-refractivity contribution >= 4 is 0 Å². The van der Waals surface area contributed by atoms with Gasteiger partial charge in [-0.3, -0.25) is 0 Å². The molecular weight excluding hydrogens is 236 g/mol. The Morgan fingerprint density at radius 2 is 2.16 bits per heavy atom. The highest BCUT2D eigenvalue weighted by Gasteiger charge is 2.38. The van der Waals surface area contributed by atoms with Crippen molar-refractivity contribution in [2.24, 2.45) is 7.05 Å². The number of nitrogens with zero attached hydrogens (tertiary/aromatic N) is 3. The summed E-state index contributed by atoms with van der Waals surface area (Å²) < 4.78 is 1.96. The van der Waals surface area contributed by atoms with Crippen LogP contribution in [0.1, 0.15) is 36.2 Å². The SMILES string of the molecule is Cc1c(CNCC2(N(C)C)CCC2)cc(C#N)n1C. The number of nitriles is 1. The van der Waals surface area contributed by atoms with Gasteiger partial charge in [0.15, 0.2) is 0 Å². The van der Waals surface area contributed by atoms with Crippen LogP contribution in [0.5, 0.6) is 0 Å². The molecule has 1 aromatic rings. The molecule has 4 nitrogen and oxygen atoms in total. The zero-order valence-electron chi connectivity index (χ0n) is 12.5. The minimum Gasteiger partial charge on any atom is -0.340 e. The van der Waals surface area contributed by atoms with Crippen molar-refractivity contribution in [2.45, 2.75) is 38.3 Å². The maximum Gasteiger partial charge on any atom is 0.120 e. The van der Waals surface area contributed by atoms with Gasteiger partial charge in [-0.1, -0.05) is 0 Å². The zero-order chi connectivity index (χ0) is 14.0. The Bertz CT molecular complexity index is 489. The van der Waals surface area contributed by atoms with E-state index in [1.807, 2.05) is 17.7 Å². The van der Waals surface area contributed by atoms with Crippen LogP contribution >= 0.6 is 0 Å². The molecule has 1 aliphatic rings. The van der Waals surface area contributed by atoms with E-state index in [2.05, 4.69) is 37.3 Å². The van der Waals surface area contributed by atoms with Gasteiger partial charge in [0.25, 0.3) is 0 Å². The van der Waals surface area contributed by atoms with E-state index in [1.54, 1.807) is 0 Å². The fraction of sp³-hybridized carbons (Fsp3) is 0.667. The first-order valence-electron chi connectivity index (χ1n) is 6.93. The van der Waals surface area contributed by atoms with Crippen LogP contribution in [0.25, 0.3) is 0 Å². The Balaban J connectivity index is 1.95. The molecule has 0 aromatic carbocycles. The largest absolute Gasteiger partial charge is 0.340 e. The Labute approximate surface area is 116 Å². The van der Waals surface area contributed by atoms with E-state index in [0.717, 1.165) is 18.8 Å². The monoisotopic (exact) mass is 260 g/mol. The number of hydrogen-bond donors (Lipinski definition) is 1. The van der Waals surface area contributed by atoms with Gasteiger partial charge in [0.1, 0.15) is 11.8 Å². The highest BCUT2D eigenvalue weighted by atomic mass is 15.2. The molecule has 1 fully saturated rings. The second-order valence-electron chi connectivity index (χ2n) is 5.89.